The van der Waals surface area contributed by atoms with Crippen molar-refractivity contribution in [3.05, 3.63) is 58.1 Å². The normalized spacial score (nSPS) is 11.5. The maximum absolute atomic E-state index is 12.4. The van der Waals surface area contributed by atoms with Gasteiger partial charge in [0.2, 0.25) is 0 Å². The lowest BCUT2D eigenvalue weighted by Gasteiger charge is -2.13. The van der Waals surface area contributed by atoms with Gasteiger partial charge in [-0.3, -0.25) is 14.9 Å². The maximum Gasteiger partial charge on any atom is 0.271 e. The lowest BCUT2D eigenvalue weighted by atomic mass is 10.2. The topological polar surface area (TPSA) is 90.7 Å². The fourth-order valence-electron chi connectivity index (χ4n) is 2.10. The number of nitrogens with one attached hydrogen (secondary N) is 1. The third kappa shape index (κ3) is 4.69. The fourth-order valence-corrected chi connectivity index (χ4v) is 2.10. The number of ether oxygens (including phenoxy) is 2. The summed E-state index contributed by atoms with van der Waals surface area (Å²) in [4.78, 5) is 22.7. The molecule has 0 aliphatic heterocycles. The van der Waals surface area contributed by atoms with Crippen LogP contribution in [0.3, 0.4) is 0 Å². The number of amides is 1. The number of benzene rings is 2. The molecular formula is C18H20N2O5. The molecule has 0 spiro atoms. The number of carbonyl (C=O) groups is 1. The van der Waals surface area contributed by atoms with Gasteiger partial charge in [0, 0.05) is 17.7 Å². The highest BCUT2D eigenvalue weighted by Crippen LogP contribution is 2.29. The Hall–Kier alpha value is -3.09. The van der Waals surface area contributed by atoms with Crippen molar-refractivity contribution in [2.75, 3.05) is 12.4 Å². The number of carbonyl (C=O) groups excluding carboxylic acids is 1. The van der Waals surface area contributed by atoms with E-state index >= 15 is 0 Å². The lowest BCUT2D eigenvalue weighted by Crippen LogP contribution is -2.13. The third-order valence-corrected chi connectivity index (χ3v) is 3.67. The van der Waals surface area contributed by atoms with Gasteiger partial charge in [-0.15, -0.1) is 0 Å². The summed E-state index contributed by atoms with van der Waals surface area (Å²) in [7, 11) is 1.43. The van der Waals surface area contributed by atoms with Crippen LogP contribution >= 0.6 is 0 Å². The molecule has 2 aromatic carbocycles. The predicted octanol–water partition coefficient (Wildman–Crippen LogP) is 4.03. The van der Waals surface area contributed by atoms with Crippen LogP contribution in [0.1, 0.15) is 30.6 Å². The third-order valence-electron chi connectivity index (χ3n) is 3.67. The van der Waals surface area contributed by atoms with Gasteiger partial charge in [-0.05, 0) is 43.7 Å². The largest absolute Gasteiger partial charge is 0.495 e. The summed E-state index contributed by atoms with van der Waals surface area (Å²) in [6.07, 6.45) is 0.975. The van der Waals surface area contributed by atoms with E-state index in [0.29, 0.717) is 17.1 Å². The van der Waals surface area contributed by atoms with Gasteiger partial charge in [-0.1, -0.05) is 6.92 Å². The molecule has 0 bridgehead atoms. The first-order valence-electron chi connectivity index (χ1n) is 7.85. The standard InChI is InChI=1S/C18H20N2O5/c1-4-12(2)25-15-8-5-13(6-9-15)18(21)19-16-11-14(20(22)23)7-10-17(16)24-3/h5-12H,4H2,1-3H3,(H,19,21). The predicted molar refractivity (Wildman–Crippen MR) is 94.4 cm³/mol. The van der Waals surface area contributed by atoms with Gasteiger partial charge >= 0.3 is 0 Å². The Bertz CT molecular complexity index is 759. The van der Waals surface area contributed by atoms with E-state index in [4.69, 9.17) is 9.47 Å². The molecule has 1 atom stereocenters. The molecule has 2 rings (SSSR count). The van der Waals surface area contributed by atoms with E-state index in [9.17, 15) is 14.9 Å². The number of anilines is 1. The lowest BCUT2D eigenvalue weighted by molar-refractivity contribution is -0.384. The molecule has 2 aromatic rings. The minimum atomic E-state index is -0.532. The number of hydrogen-bond acceptors (Lipinski definition) is 5. The van der Waals surface area contributed by atoms with Crippen LogP contribution in [-0.4, -0.2) is 24.0 Å². The molecule has 0 heterocycles. The van der Waals surface area contributed by atoms with Crippen molar-refractivity contribution in [1.29, 1.82) is 0 Å². The van der Waals surface area contributed by atoms with E-state index in [1.165, 1.54) is 25.3 Å². The Kier molecular flexibility index (Phi) is 5.94. The number of methoxy groups -OCH3 is 1. The van der Waals surface area contributed by atoms with Crippen LogP contribution in [0, 0.1) is 10.1 Å². The van der Waals surface area contributed by atoms with E-state index in [-0.39, 0.29) is 17.5 Å². The zero-order valence-corrected chi connectivity index (χ0v) is 14.3. The molecule has 7 heteroatoms. The summed E-state index contributed by atoms with van der Waals surface area (Å²) < 4.78 is 10.8. The molecule has 0 aliphatic rings. The molecule has 1 N–H and O–H groups in total. The van der Waals surface area contributed by atoms with Gasteiger partial charge in [0.05, 0.1) is 23.8 Å². The number of hydrogen-bond donors (Lipinski definition) is 1. The quantitative estimate of drug-likeness (QED) is 0.605. The van der Waals surface area contributed by atoms with Crippen molar-refractivity contribution in [1.82, 2.24) is 0 Å². The molecule has 0 radical (unpaired) electrons. The molecule has 132 valence electrons. The molecule has 7 nitrogen and oxygen atoms in total. The van der Waals surface area contributed by atoms with Crippen LogP contribution in [-0.2, 0) is 0 Å². The zero-order chi connectivity index (χ0) is 18.4. The first-order chi connectivity index (χ1) is 11.9. The number of non-ortho nitro benzene ring substituents is 1. The van der Waals surface area contributed by atoms with E-state index in [0.717, 1.165) is 6.42 Å². The molecule has 25 heavy (non-hydrogen) atoms. The Balaban J connectivity index is 2.16. The summed E-state index contributed by atoms with van der Waals surface area (Å²) in [6, 6.07) is 10.7. The minimum Gasteiger partial charge on any atom is -0.495 e. The van der Waals surface area contributed by atoms with Crippen molar-refractivity contribution < 1.29 is 19.2 Å². The summed E-state index contributed by atoms with van der Waals surface area (Å²) in [5.41, 5.74) is 0.514. The fraction of sp³-hybridized carbons (Fsp3) is 0.278. The molecule has 0 saturated carbocycles. The highest BCUT2D eigenvalue weighted by atomic mass is 16.6. The smallest absolute Gasteiger partial charge is 0.271 e. The summed E-state index contributed by atoms with van der Waals surface area (Å²) in [6.45, 7) is 3.99. The van der Waals surface area contributed by atoms with Crippen LogP contribution in [0.15, 0.2) is 42.5 Å². The molecule has 0 aliphatic carbocycles. The second-order valence-corrected chi connectivity index (χ2v) is 5.46. The molecule has 0 saturated heterocycles. The number of nitro groups is 1. The number of nitro benzene ring substituents is 1. The van der Waals surface area contributed by atoms with Crippen LogP contribution < -0.4 is 14.8 Å². The second-order valence-electron chi connectivity index (χ2n) is 5.46. The Morgan fingerprint density at radius 3 is 2.48 bits per heavy atom. The van der Waals surface area contributed by atoms with E-state index < -0.39 is 10.8 Å². The van der Waals surface area contributed by atoms with Crippen molar-refractivity contribution >= 4 is 17.3 Å². The SMILES string of the molecule is CCC(C)Oc1ccc(C(=O)Nc2cc([N+](=O)[O-])ccc2OC)cc1. The average Bonchev–Trinajstić information content (AvgIpc) is 2.62. The van der Waals surface area contributed by atoms with Gasteiger partial charge in [-0.2, -0.15) is 0 Å². The first kappa shape index (κ1) is 18.3. The minimum absolute atomic E-state index is 0.0915. The van der Waals surface area contributed by atoms with Crippen molar-refractivity contribution in [2.45, 2.75) is 26.4 Å². The molecule has 1 amide bonds. The summed E-state index contributed by atoms with van der Waals surface area (Å²) >= 11 is 0. The number of nitrogens with zero attached hydrogens (tertiary/aromatic N) is 1. The van der Waals surface area contributed by atoms with Gasteiger partial charge in [0.15, 0.2) is 0 Å². The van der Waals surface area contributed by atoms with E-state index in [1.807, 2.05) is 13.8 Å². The molecule has 0 aromatic heterocycles. The highest BCUT2D eigenvalue weighted by molar-refractivity contribution is 6.05. The number of rotatable bonds is 7. The zero-order valence-electron chi connectivity index (χ0n) is 14.3. The van der Waals surface area contributed by atoms with Gasteiger partial charge in [0.25, 0.3) is 11.6 Å². The van der Waals surface area contributed by atoms with Crippen molar-refractivity contribution in [2.24, 2.45) is 0 Å². The van der Waals surface area contributed by atoms with Crippen LogP contribution in [0.25, 0.3) is 0 Å². The molecular weight excluding hydrogens is 324 g/mol. The van der Waals surface area contributed by atoms with Crippen molar-refractivity contribution in [3.63, 3.8) is 0 Å². The summed E-state index contributed by atoms with van der Waals surface area (Å²) in [5.74, 6) is 0.628. The average molecular weight is 344 g/mol. The molecule has 0 fully saturated rings. The van der Waals surface area contributed by atoms with Crippen LogP contribution in [0.2, 0.25) is 0 Å². The van der Waals surface area contributed by atoms with Gasteiger partial charge in [0.1, 0.15) is 11.5 Å². The highest BCUT2D eigenvalue weighted by Gasteiger charge is 2.15. The van der Waals surface area contributed by atoms with Crippen LogP contribution in [0.4, 0.5) is 11.4 Å². The van der Waals surface area contributed by atoms with Crippen molar-refractivity contribution in [3.8, 4) is 11.5 Å². The van der Waals surface area contributed by atoms with Crippen LogP contribution in [0.5, 0.6) is 11.5 Å². The van der Waals surface area contributed by atoms with E-state index in [1.54, 1.807) is 24.3 Å². The van der Waals surface area contributed by atoms with Gasteiger partial charge < -0.3 is 14.8 Å². The second kappa shape index (κ2) is 8.14. The Morgan fingerprint density at radius 2 is 1.92 bits per heavy atom. The van der Waals surface area contributed by atoms with E-state index in [2.05, 4.69) is 5.32 Å². The maximum atomic E-state index is 12.4. The summed E-state index contributed by atoms with van der Waals surface area (Å²) in [5, 5.41) is 13.5. The Labute approximate surface area is 145 Å². The molecule has 1 unspecified atom stereocenters. The first-order valence-corrected chi connectivity index (χ1v) is 7.85. The van der Waals surface area contributed by atoms with Gasteiger partial charge in [-0.25, -0.2) is 0 Å². The monoisotopic (exact) mass is 344 g/mol. The Morgan fingerprint density at radius 1 is 1.24 bits per heavy atom.